The minimum Gasteiger partial charge on any atom is -0.449 e. The van der Waals surface area contributed by atoms with Crippen molar-refractivity contribution >= 4 is 39.2 Å². The highest BCUT2D eigenvalue weighted by molar-refractivity contribution is 7.89. The first-order chi connectivity index (χ1) is 16.0. The summed E-state index contributed by atoms with van der Waals surface area (Å²) < 4.78 is 31.7. The summed E-state index contributed by atoms with van der Waals surface area (Å²) in [4.78, 5) is 38.8. The summed E-state index contributed by atoms with van der Waals surface area (Å²) in [5, 5.41) is 2.60. The fourth-order valence-electron chi connectivity index (χ4n) is 3.52. The van der Waals surface area contributed by atoms with Gasteiger partial charge in [-0.25, -0.2) is 17.5 Å². The van der Waals surface area contributed by atoms with Crippen LogP contribution in [0.5, 0.6) is 0 Å². The molecule has 1 aliphatic rings. The van der Waals surface area contributed by atoms with Crippen molar-refractivity contribution < 1.29 is 27.5 Å². The Balaban J connectivity index is 1.81. The minimum absolute atomic E-state index is 0.0426. The third-order valence-corrected chi connectivity index (χ3v) is 7.31. The van der Waals surface area contributed by atoms with Crippen molar-refractivity contribution in [1.82, 2.24) is 4.31 Å². The van der Waals surface area contributed by atoms with E-state index in [9.17, 15) is 22.8 Å². The van der Waals surface area contributed by atoms with Gasteiger partial charge in [0, 0.05) is 38.4 Å². The molecule has 34 heavy (non-hydrogen) atoms. The van der Waals surface area contributed by atoms with Crippen molar-refractivity contribution in [3.05, 3.63) is 53.6 Å². The standard InChI is InChI=1S/C23H28N4O6S/c1-15(22(29)25-17-8-6-16(7-9-17)21(24)28)33-23(30)19-14-18(34(31,32)26(2)3)10-11-20(19)27-12-4-5-13-27/h6-11,14-15H,4-5,12-13H2,1-3H3,(H2,24,28)(H,25,29). The molecule has 182 valence electrons. The number of nitrogens with one attached hydrogen (secondary N) is 1. The van der Waals surface area contributed by atoms with Gasteiger partial charge in [-0.15, -0.1) is 0 Å². The first-order valence-corrected chi connectivity index (χ1v) is 12.2. The fourth-order valence-corrected chi connectivity index (χ4v) is 4.45. The van der Waals surface area contributed by atoms with Gasteiger partial charge in [0.2, 0.25) is 15.9 Å². The Hall–Kier alpha value is -3.44. The van der Waals surface area contributed by atoms with Gasteiger partial charge in [-0.05, 0) is 62.2 Å². The number of ether oxygens (including phenoxy) is 1. The van der Waals surface area contributed by atoms with E-state index in [4.69, 9.17) is 10.5 Å². The number of anilines is 2. The quantitative estimate of drug-likeness (QED) is 0.540. The van der Waals surface area contributed by atoms with E-state index in [0.29, 0.717) is 16.9 Å². The van der Waals surface area contributed by atoms with Crippen LogP contribution in [0.2, 0.25) is 0 Å². The molecule has 3 rings (SSSR count). The minimum atomic E-state index is -3.77. The molecule has 2 aromatic rings. The van der Waals surface area contributed by atoms with E-state index in [1.54, 1.807) is 6.07 Å². The molecule has 1 fully saturated rings. The van der Waals surface area contributed by atoms with Gasteiger partial charge >= 0.3 is 5.97 Å². The Morgan fingerprint density at radius 1 is 1.06 bits per heavy atom. The fraction of sp³-hybridized carbons (Fsp3) is 0.348. The van der Waals surface area contributed by atoms with E-state index in [-0.39, 0.29) is 10.5 Å². The molecule has 11 heteroatoms. The number of benzene rings is 2. The van der Waals surface area contributed by atoms with Gasteiger partial charge in [0.1, 0.15) is 0 Å². The number of amides is 2. The summed E-state index contributed by atoms with van der Waals surface area (Å²) in [5.74, 6) is -1.98. The zero-order chi connectivity index (χ0) is 25.0. The molecule has 1 unspecified atom stereocenters. The molecule has 3 N–H and O–H groups in total. The SMILES string of the molecule is CC(OC(=O)c1cc(S(=O)(=O)N(C)C)ccc1N1CCCC1)C(=O)Nc1ccc(C(N)=O)cc1. The van der Waals surface area contributed by atoms with Gasteiger partial charge in [-0.3, -0.25) is 9.59 Å². The zero-order valence-electron chi connectivity index (χ0n) is 19.3. The third-order valence-electron chi connectivity index (χ3n) is 5.50. The average molecular weight is 489 g/mol. The van der Waals surface area contributed by atoms with Crippen LogP contribution in [-0.2, 0) is 19.6 Å². The van der Waals surface area contributed by atoms with Crippen molar-refractivity contribution in [1.29, 1.82) is 0 Å². The molecular weight excluding hydrogens is 460 g/mol. The Morgan fingerprint density at radius 3 is 2.24 bits per heavy atom. The van der Waals surface area contributed by atoms with Crippen LogP contribution >= 0.6 is 0 Å². The molecule has 2 amide bonds. The lowest BCUT2D eigenvalue weighted by Crippen LogP contribution is -2.31. The van der Waals surface area contributed by atoms with Crippen LogP contribution in [0.15, 0.2) is 47.4 Å². The first-order valence-electron chi connectivity index (χ1n) is 10.7. The zero-order valence-corrected chi connectivity index (χ0v) is 20.1. The molecule has 10 nitrogen and oxygen atoms in total. The maximum absolute atomic E-state index is 13.1. The number of carbonyl (C=O) groups is 3. The molecule has 0 aromatic heterocycles. The normalized spacial score (nSPS) is 14.6. The summed E-state index contributed by atoms with van der Waals surface area (Å²) in [6, 6.07) is 10.3. The molecule has 0 saturated carbocycles. The molecule has 1 aliphatic heterocycles. The number of rotatable bonds is 8. The van der Waals surface area contributed by atoms with E-state index < -0.39 is 33.9 Å². The van der Waals surface area contributed by atoms with Crippen LogP contribution in [0.3, 0.4) is 0 Å². The molecular formula is C23H28N4O6S. The second-order valence-corrected chi connectivity index (χ2v) is 10.3. The van der Waals surface area contributed by atoms with Gasteiger partial charge in [0.25, 0.3) is 5.91 Å². The second-order valence-electron chi connectivity index (χ2n) is 8.14. The third kappa shape index (κ3) is 5.54. The first kappa shape index (κ1) is 25.2. The molecule has 1 atom stereocenters. The maximum Gasteiger partial charge on any atom is 0.341 e. The van der Waals surface area contributed by atoms with Crippen molar-refractivity contribution in [3.63, 3.8) is 0 Å². The van der Waals surface area contributed by atoms with E-state index >= 15 is 0 Å². The number of hydrogen-bond donors (Lipinski definition) is 2. The average Bonchev–Trinajstić information content (AvgIpc) is 3.33. The van der Waals surface area contributed by atoms with Crippen molar-refractivity contribution in [2.24, 2.45) is 5.73 Å². The number of primary amides is 1. The lowest BCUT2D eigenvalue weighted by Gasteiger charge is -2.23. The summed E-state index contributed by atoms with van der Waals surface area (Å²) in [6.07, 6.45) is 0.753. The summed E-state index contributed by atoms with van der Waals surface area (Å²) in [5.41, 5.74) is 6.54. The maximum atomic E-state index is 13.1. The Bertz CT molecular complexity index is 1190. The van der Waals surface area contributed by atoms with E-state index in [0.717, 1.165) is 30.2 Å². The predicted octanol–water partition coefficient (Wildman–Crippen LogP) is 1.82. The molecule has 0 bridgehead atoms. The van der Waals surface area contributed by atoms with Crippen molar-refractivity contribution in [3.8, 4) is 0 Å². The number of hydrogen-bond acceptors (Lipinski definition) is 7. The molecule has 0 aliphatic carbocycles. The highest BCUT2D eigenvalue weighted by atomic mass is 32.2. The summed E-state index contributed by atoms with van der Waals surface area (Å²) in [6.45, 7) is 2.88. The van der Waals surface area contributed by atoms with Crippen molar-refractivity contribution in [2.45, 2.75) is 30.8 Å². The van der Waals surface area contributed by atoms with Gasteiger partial charge < -0.3 is 20.7 Å². The van der Waals surface area contributed by atoms with E-state index in [2.05, 4.69) is 5.32 Å². The predicted molar refractivity (Wildman–Crippen MR) is 127 cm³/mol. The molecule has 2 aromatic carbocycles. The number of sulfonamides is 1. The smallest absolute Gasteiger partial charge is 0.341 e. The van der Waals surface area contributed by atoms with Gasteiger partial charge in [-0.1, -0.05) is 0 Å². The highest BCUT2D eigenvalue weighted by Gasteiger charge is 2.27. The Morgan fingerprint density at radius 2 is 1.68 bits per heavy atom. The van der Waals surface area contributed by atoms with E-state index in [1.807, 2.05) is 4.90 Å². The van der Waals surface area contributed by atoms with E-state index in [1.165, 1.54) is 57.4 Å². The molecule has 0 radical (unpaired) electrons. The highest BCUT2D eigenvalue weighted by Crippen LogP contribution is 2.29. The molecule has 1 saturated heterocycles. The molecule has 1 heterocycles. The number of carbonyl (C=O) groups excluding carboxylic acids is 3. The van der Waals surface area contributed by atoms with Crippen molar-refractivity contribution in [2.75, 3.05) is 37.4 Å². The topological polar surface area (TPSA) is 139 Å². The van der Waals surface area contributed by atoms with Crippen LogP contribution in [0.25, 0.3) is 0 Å². The van der Waals surface area contributed by atoms with Crippen LogP contribution in [0, 0.1) is 0 Å². The van der Waals surface area contributed by atoms with Gasteiger partial charge in [0.15, 0.2) is 6.10 Å². The van der Waals surface area contributed by atoms with Gasteiger partial charge in [0.05, 0.1) is 16.1 Å². The lowest BCUT2D eigenvalue weighted by atomic mass is 10.1. The second kappa shape index (κ2) is 10.2. The number of esters is 1. The van der Waals surface area contributed by atoms with Crippen LogP contribution in [0.1, 0.15) is 40.5 Å². The van der Waals surface area contributed by atoms with Gasteiger partial charge in [-0.2, -0.15) is 0 Å². The lowest BCUT2D eigenvalue weighted by molar-refractivity contribution is -0.123. The van der Waals surface area contributed by atoms with Crippen LogP contribution < -0.4 is 16.0 Å². The summed E-state index contributed by atoms with van der Waals surface area (Å²) >= 11 is 0. The van der Waals surface area contributed by atoms with Crippen LogP contribution in [0.4, 0.5) is 11.4 Å². The summed E-state index contributed by atoms with van der Waals surface area (Å²) in [7, 11) is -0.960. The number of nitrogens with zero attached hydrogens (tertiary/aromatic N) is 2. The van der Waals surface area contributed by atoms with Crippen LogP contribution in [-0.4, -0.2) is 63.8 Å². The Kier molecular flexibility index (Phi) is 7.57. The molecule has 0 spiro atoms. The Labute approximate surface area is 198 Å². The largest absolute Gasteiger partial charge is 0.449 e. The number of nitrogens with two attached hydrogens (primary N) is 1. The monoisotopic (exact) mass is 488 g/mol.